The molecule has 3 N–H and O–H groups in total. The summed E-state index contributed by atoms with van der Waals surface area (Å²) in [5.41, 5.74) is 7.03. The van der Waals surface area contributed by atoms with Crippen LogP contribution < -0.4 is 15.2 Å². The Morgan fingerprint density at radius 1 is 1.05 bits per heavy atom. The molecule has 0 saturated carbocycles. The number of hydrogen-bond donors (Lipinski definition) is 2. The number of rotatable bonds is 2. The third kappa shape index (κ3) is 2.28. The number of aliphatic hydroxyl groups excluding tert-OH is 1. The molecule has 1 aliphatic heterocycles. The molecule has 5 heteroatoms. The lowest BCUT2D eigenvalue weighted by atomic mass is 9.99. The highest BCUT2D eigenvalue weighted by molar-refractivity contribution is 5.53. The maximum absolute atomic E-state index is 13.3. The van der Waals surface area contributed by atoms with Gasteiger partial charge in [-0.1, -0.05) is 6.07 Å². The molecule has 1 atom stereocenters. The van der Waals surface area contributed by atoms with Crippen molar-refractivity contribution in [3.05, 3.63) is 53.3 Å². The average Bonchev–Trinajstić information content (AvgIpc) is 2.48. The zero-order valence-corrected chi connectivity index (χ0v) is 10.7. The third-order valence-electron chi connectivity index (χ3n) is 3.23. The van der Waals surface area contributed by atoms with Crippen LogP contribution in [0.3, 0.4) is 0 Å². The second-order valence-corrected chi connectivity index (χ2v) is 4.58. The van der Waals surface area contributed by atoms with Crippen LogP contribution in [0.1, 0.15) is 17.2 Å². The minimum atomic E-state index is -1.01. The lowest BCUT2D eigenvalue weighted by Crippen LogP contribution is -2.15. The van der Waals surface area contributed by atoms with Crippen molar-refractivity contribution in [1.29, 1.82) is 0 Å². The van der Waals surface area contributed by atoms with Crippen molar-refractivity contribution in [3.8, 4) is 11.5 Å². The quantitative estimate of drug-likeness (QED) is 0.825. The Kier molecular flexibility index (Phi) is 3.20. The molecule has 2 aromatic rings. The first-order valence-electron chi connectivity index (χ1n) is 6.27. The number of hydrogen-bond acceptors (Lipinski definition) is 4. The summed E-state index contributed by atoms with van der Waals surface area (Å²) in [5.74, 6) is 0.771. The van der Waals surface area contributed by atoms with E-state index in [1.54, 1.807) is 18.2 Å². The van der Waals surface area contributed by atoms with Gasteiger partial charge in [-0.2, -0.15) is 0 Å². The van der Waals surface area contributed by atoms with E-state index in [9.17, 15) is 9.50 Å². The molecule has 3 rings (SSSR count). The molecule has 1 unspecified atom stereocenters. The first-order valence-corrected chi connectivity index (χ1v) is 6.27. The molecule has 0 aliphatic carbocycles. The Balaban J connectivity index is 1.97. The van der Waals surface area contributed by atoms with Gasteiger partial charge in [-0.3, -0.25) is 0 Å². The fraction of sp³-hybridized carbons (Fsp3) is 0.200. The van der Waals surface area contributed by atoms with Gasteiger partial charge in [-0.25, -0.2) is 4.39 Å². The molecule has 2 aromatic carbocycles. The van der Waals surface area contributed by atoms with Crippen LogP contribution in [0.4, 0.5) is 10.1 Å². The zero-order chi connectivity index (χ0) is 14.1. The predicted octanol–water partition coefficient (Wildman–Crippen LogP) is 2.26. The Hall–Kier alpha value is -2.27. The van der Waals surface area contributed by atoms with Crippen molar-refractivity contribution in [2.45, 2.75) is 6.10 Å². The number of aliphatic hydroxyl groups is 1. The summed E-state index contributed by atoms with van der Waals surface area (Å²) in [6, 6.07) is 9.05. The molecule has 4 nitrogen and oxygen atoms in total. The molecule has 0 saturated heterocycles. The molecule has 1 aliphatic rings. The smallest absolute Gasteiger partial charge is 0.161 e. The number of nitrogens with two attached hydrogens (primary N) is 1. The maximum atomic E-state index is 13.3. The van der Waals surface area contributed by atoms with Crippen molar-refractivity contribution in [1.82, 2.24) is 0 Å². The van der Waals surface area contributed by atoms with Gasteiger partial charge in [-0.15, -0.1) is 0 Å². The van der Waals surface area contributed by atoms with Crippen LogP contribution in [-0.2, 0) is 0 Å². The van der Waals surface area contributed by atoms with Crippen LogP contribution in [0, 0.1) is 5.82 Å². The number of benzene rings is 2. The van der Waals surface area contributed by atoms with Gasteiger partial charge < -0.3 is 20.3 Å². The number of halogens is 1. The average molecular weight is 275 g/mol. The van der Waals surface area contributed by atoms with Crippen LogP contribution in [-0.4, -0.2) is 18.3 Å². The van der Waals surface area contributed by atoms with Gasteiger partial charge in [0, 0.05) is 11.3 Å². The number of anilines is 1. The molecule has 20 heavy (non-hydrogen) atoms. The first-order chi connectivity index (χ1) is 9.65. The van der Waals surface area contributed by atoms with E-state index in [0.717, 1.165) is 0 Å². The Bertz CT molecular complexity index is 645. The number of ether oxygens (including phenoxy) is 2. The molecule has 0 radical (unpaired) electrons. The van der Waals surface area contributed by atoms with Gasteiger partial charge in [0.15, 0.2) is 11.5 Å². The van der Waals surface area contributed by atoms with Crippen molar-refractivity contribution < 1.29 is 19.0 Å². The van der Waals surface area contributed by atoms with Crippen LogP contribution in [0.15, 0.2) is 36.4 Å². The van der Waals surface area contributed by atoms with Crippen molar-refractivity contribution in [2.24, 2.45) is 0 Å². The predicted molar refractivity (Wildman–Crippen MR) is 72.3 cm³/mol. The summed E-state index contributed by atoms with van der Waals surface area (Å²) >= 11 is 0. The maximum Gasteiger partial charge on any atom is 0.161 e. The minimum Gasteiger partial charge on any atom is -0.486 e. The highest BCUT2D eigenvalue weighted by atomic mass is 19.1. The van der Waals surface area contributed by atoms with Gasteiger partial charge >= 0.3 is 0 Å². The van der Waals surface area contributed by atoms with Crippen molar-refractivity contribution >= 4 is 5.69 Å². The molecule has 104 valence electrons. The highest BCUT2D eigenvalue weighted by Gasteiger charge is 2.18. The standard InChI is InChI=1S/C15H14FNO3/c16-10-2-3-12(17)11(8-10)15(18)9-1-4-13-14(7-9)20-6-5-19-13/h1-4,7-8,15,18H,5-6,17H2. The summed E-state index contributed by atoms with van der Waals surface area (Å²) in [7, 11) is 0. The van der Waals surface area contributed by atoms with E-state index in [2.05, 4.69) is 0 Å². The van der Waals surface area contributed by atoms with Crippen molar-refractivity contribution in [3.63, 3.8) is 0 Å². The summed E-state index contributed by atoms with van der Waals surface area (Å²) in [6.07, 6.45) is -1.01. The number of nitrogen functional groups attached to an aromatic ring is 1. The molecule has 0 aromatic heterocycles. The van der Waals surface area contributed by atoms with E-state index in [1.165, 1.54) is 18.2 Å². The summed E-state index contributed by atoms with van der Waals surface area (Å²) < 4.78 is 24.2. The normalized spacial score (nSPS) is 14.9. The van der Waals surface area contributed by atoms with E-state index in [-0.39, 0.29) is 0 Å². The largest absolute Gasteiger partial charge is 0.486 e. The first kappa shape index (κ1) is 12.7. The highest BCUT2D eigenvalue weighted by Crippen LogP contribution is 2.35. The van der Waals surface area contributed by atoms with Crippen LogP contribution >= 0.6 is 0 Å². The van der Waals surface area contributed by atoms with Crippen molar-refractivity contribution in [2.75, 3.05) is 18.9 Å². The van der Waals surface area contributed by atoms with Gasteiger partial charge in [0.1, 0.15) is 25.1 Å². The Morgan fingerprint density at radius 2 is 1.80 bits per heavy atom. The van der Waals surface area contributed by atoms with E-state index < -0.39 is 11.9 Å². The molecule has 0 bridgehead atoms. The third-order valence-corrected chi connectivity index (χ3v) is 3.23. The lowest BCUT2D eigenvalue weighted by Gasteiger charge is -2.20. The fourth-order valence-electron chi connectivity index (χ4n) is 2.19. The summed E-state index contributed by atoms with van der Waals surface area (Å²) in [4.78, 5) is 0. The van der Waals surface area contributed by atoms with Crippen LogP contribution in [0.5, 0.6) is 11.5 Å². The number of fused-ring (bicyclic) bond motifs is 1. The van der Waals surface area contributed by atoms with Gasteiger partial charge in [0.05, 0.1) is 0 Å². The van der Waals surface area contributed by atoms with Gasteiger partial charge in [0.25, 0.3) is 0 Å². The minimum absolute atomic E-state index is 0.335. The van der Waals surface area contributed by atoms with Crippen LogP contribution in [0.25, 0.3) is 0 Å². The van der Waals surface area contributed by atoms with Gasteiger partial charge in [0.2, 0.25) is 0 Å². The molecular formula is C15H14FNO3. The van der Waals surface area contributed by atoms with E-state index in [1.807, 2.05) is 0 Å². The fourth-order valence-corrected chi connectivity index (χ4v) is 2.19. The van der Waals surface area contributed by atoms with E-state index >= 15 is 0 Å². The topological polar surface area (TPSA) is 64.7 Å². The summed E-state index contributed by atoms with van der Waals surface area (Å²) in [5, 5.41) is 10.4. The molecule has 0 amide bonds. The summed E-state index contributed by atoms with van der Waals surface area (Å²) in [6.45, 7) is 0.973. The second-order valence-electron chi connectivity index (χ2n) is 4.58. The second kappa shape index (κ2) is 5.02. The zero-order valence-electron chi connectivity index (χ0n) is 10.7. The Morgan fingerprint density at radius 3 is 2.60 bits per heavy atom. The van der Waals surface area contributed by atoms with E-state index in [4.69, 9.17) is 15.2 Å². The molecule has 0 spiro atoms. The molecular weight excluding hydrogens is 261 g/mol. The van der Waals surface area contributed by atoms with E-state index in [0.29, 0.717) is 41.5 Å². The SMILES string of the molecule is Nc1ccc(F)cc1C(O)c1ccc2c(c1)OCCO2. The Labute approximate surface area is 115 Å². The molecule has 0 fully saturated rings. The monoisotopic (exact) mass is 275 g/mol. The van der Waals surface area contributed by atoms with Gasteiger partial charge in [-0.05, 0) is 35.9 Å². The lowest BCUT2D eigenvalue weighted by molar-refractivity contribution is 0.169. The molecule has 1 heterocycles. The van der Waals surface area contributed by atoms with Crippen LogP contribution in [0.2, 0.25) is 0 Å².